The molecule has 0 aliphatic heterocycles. The molecule has 0 radical (unpaired) electrons. The largest absolute Gasteiger partial charge is 0.478 e. The summed E-state index contributed by atoms with van der Waals surface area (Å²) < 4.78 is 5.31. The number of furan rings is 1. The zero-order chi connectivity index (χ0) is 14.8. The molecule has 5 heteroatoms. The molecular formula is C16H15NO4. The van der Waals surface area contributed by atoms with E-state index >= 15 is 0 Å². The number of rotatable bonds is 5. The SMILES string of the molecule is O=C(O)c1ccc(C(=O)N(Cc2ccco2)C2CC2)cc1. The lowest BCUT2D eigenvalue weighted by Crippen LogP contribution is -2.32. The fourth-order valence-electron chi connectivity index (χ4n) is 2.24. The van der Waals surface area contributed by atoms with Gasteiger partial charge in [0.2, 0.25) is 0 Å². The highest BCUT2D eigenvalue weighted by molar-refractivity contribution is 5.96. The average molecular weight is 285 g/mol. The van der Waals surface area contributed by atoms with E-state index in [9.17, 15) is 9.59 Å². The fraction of sp³-hybridized carbons (Fsp3) is 0.250. The molecule has 1 aromatic carbocycles. The van der Waals surface area contributed by atoms with E-state index in [1.807, 2.05) is 6.07 Å². The molecule has 1 aliphatic rings. The van der Waals surface area contributed by atoms with Crippen LogP contribution in [-0.2, 0) is 6.54 Å². The number of nitrogens with zero attached hydrogens (tertiary/aromatic N) is 1. The first-order valence-electron chi connectivity index (χ1n) is 6.82. The van der Waals surface area contributed by atoms with Crippen LogP contribution < -0.4 is 0 Å². The average Bonchev–Trinajstić information content (AvgIpc) is 3.20. The van der Waals surface area contributed by atoms with E-state index in [2.05, 4.69) is 0 Å². The monoisotopic (exact) mass is 285 g/mol. The first kappa shape index (κ1) is 13.4. The van der Waals surface area contributed by atoms with Gasteiger partial charge in [-0.25, -0.2) is 4.79 Å². The Morgan fingerprint density at radius 1 is 1.14 bits per heavy atom. The lowest BCUT2D eigenvalue weighted by molar-refractivity contribution is 0.0690. The minimum absolute atomic E-state index is 0.0918. The Hall–Kier alpha value is -2.56. The summed E-state index contributed by atoms with van der Waals surface area (Å²) in [6.07, 6.45) is 3.59. The molecule has 21 heavy (non-hydrogen) atoms. The summed E-state index contributed by atoms with van der Waals surface area (Å²) in [6, 6.07) is 9.91. The van der Waals surface area contributed by atoms with Crippen molar-refractivity contribution in [2.75, 3.05) is 0 Å². The van der Waals surface area contributed by atoms with Crippen molar-refractivity contribution in [3.63, 3.8) is 0 Å². The molecule has 5 nitrogen and oxygen atoms in total. The number of hydrogen-bond donors (Lipinski definition) is 1. The van der Waals surface area contributed by atoms with Gasteiger partial charge >= 0.3 is 5.97 Å². The van der Waals surface area contributed by atoms with Crippen LogP contribution in [0.2, 0.25) is 0 Å². The molecule has 0 atom stereocenters. The molecule has 1 aromatic heterocycles. The Bertz CT molecular complexity index is 641. The van der Waals surface area contributed by atoms with Crippen molar-refractivity contribution in [2.45, 2.75) is 25.4 Å². The summed E-state index contributed by atoms with van der Waals surface area (Å²) >= 11 is 0. The summed E-state index contributed by atoms with van der Waals surface area (Å²) in [7, 11) is 0. The number of carboxylic acids is 1. The maximum Gasteiger partial charge on any atom is 0.335 e. The summed E-state index contributed by atoms with van der Waals surface area (Å²) in [4.78, 5) is 25.2. The topological polar surface area (TPSA) is 70.8 Å². The van der Waals surface area contributed by atoms with Crippen LogP contribution in [0, 0.1) is 0 Å². The summed E-state index contributed by atoms with van der Waals surface area (Å²) in [5.41, 5.74) is 0.675. The van der Waals surface area contributed by atoms with Gasteiger partial charge in [0.05, 0.1) is 18.4 Å². The minimum atomic E-state index is -0.997. The summed E-state index contributed by atoms with van der Waals surface area (Å²) in [6.45, 7) is 0.442. The maximum atomic E-state index is 12.6. The summed E-state index contributed by atoms with van der Waals surface area (Å²) in [5.74, 6) is -0.341. The summed E-state index contributed by atoms with van der Waals surface area (Å²) in [5, 5.41) is 8.89. The number of benzene rings is 1. The van der Waals surface area contributed by atoms with Gasteiger partial charge in [-0.3, -0.25) is 4.79 Å². The molecule has 1 fully saturated rings. The molecule has 0 saturated heterocycles. The highest BCUT2D eigenvalue weighted by atomic mass is 16.4. The van der Waals surface area contributed by atoms with Crippen LogP contribution in [0.4, 0.5) is 0 Å². The van der Waals surface area contributed by atoms with E-state index in [-0.39, 0.29) is 17.5 Å². The van der Waals surface area contributed by atoms with E-state index < -0.39 is 5.97 Å². The molecule has 1 aliphatic carbocycles. The van der Waals surface area contributed by atoms with E-state index in [0.717, 1.165) is 18.6 Å². The highest BCUT2D eigenvalue weighted by Crippen LogP contribution is 2.30. The lowest BCUT2D eigenvalue weighted by atomic mass is 10.1. The van der Waals surface area contributed by atoms with Crippen LogP contribution in [0.5, 0.6) is 0 Å². The third-order valence-electron chi connectivity index (χ3n) is 3.53. The standard InChI is InChI=1S/C16H15NO4/c18-15(11-3-5-12(6-4-11)16(19)20)17(13-7-8-13)10-14-2-1-9-21-14/h1-6,9,13H,7-8,10H2,(H,19,20). The number of carboxylic acid groups (broad SMARTS) is 1. The number of carbonyl (C=O) groups is 2. The van der Waals surface area contributed by atoms with Gasteiger partial charge < -0.3 is 14.4 Å². The van der Waals surface area contributed by atoms with Crippen molar-refractivity contribution < 1.29 is 19.1 Å². The van der Waals surface area contributed by atoms with Crippen LogP contribution in [0.25, 0.3) is 0 Å². The molecule has 2 aromatic rings. The minimum Gasteiger partial charge on any atom is -0.478 e. The van der Waals surface area contributed by atoms with Crippen molar-refractivity contribution >= 4 is 11.9 Å². The van der Waals surface area contributed by atoms with Gasteiger partial charge in [-0.05, 0) is 49.2 Å². The Morgan fingerprint density at radius 2 is 1.81 bits per heavy atom. The second-order valence-electron chi connectivity index (χ2n) is 5.13. The zero-order valence-corrected chi connectivity index (χ0v) is 11.4. The second kappa shape index (κ2) is 5.44. The molecule has 0 unspecified atom stereocenters. The molecule has 108 valence electrons. The van der Waals surface area contributed by atoms with Gasteiger partial charge in [0.15, 0.2) is 0 Å². The quantitative estimate of drug-likeness (QED) is 0.917. The smallest absolute Gasteiger partial charge is 0.335 e. The van der Waals surface area contributed by atoms with Crippen molar-refractivity contribution in [1.82, 2.24) is 4.90 Å². The van der Waals surface area contributed by atoms with E-state index in [0.29, 0.717) is 12.1 Å². The molecule has 0 spiro atoms. The molecule has 1 heterocycles. The van der Waals surface area contributed by atoms with E-state index in [1.54, 1.807) is 29.4 Å². The van der Waals surface area contributed by atoms with Gasteiger partial charge in [0.25, 0.3) is 5.91 Å². The van der Waals surface area contributed by atoms with Crippen molar-refractivity contribution in [3.8, 4) is 0 Å². The third kappa shape index (κ3) is 2.97. The van der Waals surface area contributed by atoms with Gasteiger partial charge in [0, 0.05) is 11.6 Å². The van der Waals surface area contributed by atoms with E-state index in [4.69, 9.17) is 9.52 Å². The first-order chi connectivity index (χ1) is 10.1. The first-order valence-corrected chi connectivity index (χ1v) is 6.82. The Labute approximate surface area is 121 Å². The van der Waals surface area contributed by atoms with Crippen molar-refractivity contribution in [3.05, 3.63) is 59.5 Å². The number of amides is 1. The highest BCUT2D eigenvalue weighted by Gasteiger charge is 2.33. The number of aromatic carboxylic acids is 1. The molecular weight excluding hydrogens is 270 g/mol. The van der Waals surface area contributed by atoms with Crippen LogP contribution in [0.15, 0.2) is 47.1 Å². The van der Waals surface area contributed by atoms with Crippen LogP contribution in [-0.4, -0.2) is 27.9 Å². The molecule has 3 rings (SSSR count). The van der Waals surface area contributed by atoms with Gasteiger partial charge in [-0.1, -0.05) is 0 Å². The van der Waals surface area contributed by atoms with Crippen molar-refractivity contribution in [2.24, 2.45) is 0 Å². The molecule has 1 amide bonds. The number of carbonyl (C=O) groups excluding carboxylic acids is 1. The predicted octanol–water partition coefficient (Wildman–Crippen LogP) is 2.78. The predicted molar refractivity (Wildman–Crippen MR) is 75.0 cm³/mol. The number of hydrogen-bond acceptors (Lipinski definition) is 3. The van der Waals surface area contributed by atoms with Crippen LogP contribution in [0.1, 0.15) is 39.3 Å². The van der Waals surface area contributed by atoms with Gasteiger partial charge in [-0.15, -0.1) is 0 Å². The lowest BCUT2D eigenvalue weighted by Gasteiger charge is -2.21. The Kier molecular flexibility index (Phi) is 3.48. The van der Waals surface area contributed by atoms with Gasteiger partial charge in [0.1, 0.15) is 5.76 Å². The van der Waals surface area contributed by atoms with Gasteiger partial charge in [-0.2, -0.15) is 0 Å². The Morgan fingerprint density at radius 3 is 2.33 bits per heavy atom. The molecule has 1 saturated carbocycles. The van der Waals surface area contributed by atoms with Crippen LogP contribution >= 0.6 is 0 Å². The zero-order valence-electron chi connectivity index (χ0n) is 11.4. The normalized spacial score (nSPS) is 13.9. The molecule has 1 N–H and O–H groups in total. The maximum absolute atomic E-state index is 12.6. The Balaban J connectivity index is 1.79. The third-order valence-corrected chi connectivity index (χ3v) is 3.53. The molecule has 0 bridgehead atoms. The van der Waals surface area contributed by atoms with E-state index in [1.165, 1.54) is 12.1 Å². The second-order valence-corrected chi connectivity index (χ2v) is 5.13. The van der Waals surface area contributed by atoms with Crippen LogP contribution in [0.3, 0.4) is 0 Å². The fourth-order valence-corrected chi connectivity index (χ4v) is 2.24. The van der Waals surface area contributed by atoms with Crippen molar-refractivity contribution in [1.29, 1.82) is 0 Å².